The van der Waals surface area contributed by atoms with Gasteiger partial charge in [-0.3, -0.25) is 20.4 Å². The number of allylic oxidation sites excluding steroid dienone is 1. The summed E-state index contributed by atoms with van der Waals surface area (Å²) < 4.78 is 14.2. The van der Waals surface area contributed by atoms with Crippen LogP contribution < -0.4 is 21.5 Å². The standard InChI is InChI=1S/C26H25Cl2FN6O2/c1-15(22-18(27)8-9-19(29)23(22)28)35-13-10-30-24-21(35)14-20(32-33-24)25(36)31-17-6-4-16(5-7-17)26(37)34-11-2-3-12-34/h4,6,8-9,14-15,30,32-33H,2-3,10-13H2,1H3,(H,31,36). The maximum Gasteiger partial charge on any atom is 0.274 e. The van der Waals surface area contributed by atoms with Crippen LogP contribution in [-0.4, -0.2) is 47.8 Å². The molecular weight excluding hydrogens is 518 g/mol. The molecule has 1 saturated heterocycles. The molecular formula is C26H25Cl2FN6O2. The summed E-state index contributed by atoms with van der Waals surface area (Å²) in [5.41, 5.74) is 8.12. The molecule has 1 atom stereocenters. The van der Waals surface area contributed by atoms with Crippen molar-refractivity contribution in [1.29, 1.82) is 0 Å². The van der Waals surface area contributed by atoms with Crippen molar-refractivity contribution in [2.24, 2.45) is 0 Å². The first kappa shape index (κ1) is 25.1. The highest BCUT2D eigenvalue weighted by molar-refractivity contribution is 6.36. The first-order valence-electron chi connectivity index (χ1n) is 12.0. The van der Waals surface area contributed by atoms with E-state index in [0.29, 0.717) is 46.4 Å². The number of carbonyl (C=O) groups is 2. The van der Waals surface area contributed by atoms with Crippen molar-refractivity contribution in [1.82, 2.24) is 26.0 Å². The summed E-state index contributed by atoms with van der Waals surface area (Å²) in [6.45, 7) is 4.57. The smallest absolute Gasteiger partial charge is 0.274 e. The summed E-state index contributed by atoms with van der Waals surface area (Å²) in [5, 5.41) is 6.36. The number of hydrazine groups is 1. The van der Waals surface area contributed by atoms with Crippen molar-refractivity contribution in [3.8, 4) is 0 Å². The second kappa shape index (κ2) is 10.4. The molecule has 3 aliphatic rings. The summed E-state index contributed by atoms with van der Waals surface area (Å²) in [7, 11) is 0. The molecule has 2 aromatic rings. The van der Waals surface area contributed by atoms with Crippen molar-refractivity contribution >= 4 is 40.7 Å². The predicted octanol–water partition coefficient (Wildman–Crippen LogP) is 3.73. The van der Waals surface area contributed by atoms with Gasteiger partial charge in [-0.05, 0) is 56.2 Å². The SMILES string of the molecule is CC(c1c(Cl)ccc(F)c1Cl)N1CCNC2=C1C=C(C(=O)Nc1c#cc(C(=O)N3CCCC3)cc1)NN2. The van der Waals surface area contributed by atoms with Gasteiger partial charge in [0, 0.05) is 36.8 Å². The Hall–Kier alpha value is -3.61. The summed E-state index contributed by atoms with van der Waals surface area (Å²) >= 11 is 12.6. The third-order valence-corrected chi connectivity index (χ3v) is 7.37. The number of benzene rings is 1. The van der Waals surface area contributed by atoms with Crippen LogP contribution in [0.15, 0.2) is 47.6 Å². The Kier molecular flexibility index (Phi) is 7.04. The molecule has 1 unspecified atom stereocenters. The Labute approximate surface area is 224 Å². The molecule has 0 bridgehead atoms. The lowest BCUT2D eigenvalue weighted by Crippen LogP contribution is -2.51. The highest BCUT2D eigenvalue weighted by Crippen LogP contribution is 2.38. The van der Waals surface area contributed by atoms with E-state index in [1.165, 1.54) is 12.1 Å². The first-order chi connectivity index (χ1) is 17.8. The van der Waals surface area contributed by atoms with Gasteiger partial charge in [0.05, 0.1) is 28.0 Å². The van der Waals surface area contributed by atoms with E-state index in [1.54, 1.807) is 23.1 Å². The second-order valence-corrected chi connectivity index (χ2v) is 9.77. The number of hydrogen-bond acceptors (Lipinski definition) is 6. The molecule has 3 heterocycles. The number of halogens is 3. The fourth-order valence-electron chi connectivity index (χ4n) is 4.69. The van der Waals surface area contributed by atoms with E-state index >= 15 is 0 Å². The van der Waals surface area contributed by atoms with Crippen LogP contribution in [-0.2, 0) is 4.79 Å². The molecule has 8 nitrogen and oxygen atoms in total. The Balaban J connectivity index is 1.33. The molecule has 5 rings (SSSR count). The maximum atomic E-state index is 14.2. The van der Waals surface area contributed by atoms with E-state index in [4.69, 9.17) is 23.2 Å². The molecule has 37 heavy (non-hydrogen) atoms. The Bertz CT molecular complexity index is 1290. The number of anilines is 1. The van der Waals surface area contributed by atoms with Gasteiger partial charge in [0.25, 0.3) is 11.8 Å². The zero-order valence-electron chi connectivity index (χ0n) is 20.1. The minimum Gasteiger partial charge on any atom is -0.367 e. The van der Waals surface area contributed by atoms with Crippen LogP contribution in [0.3, 0.4) is 0 Å². The number of nitrogens with zero attached hydrogens (tertiary/aromatic N) is 2. The topological polar surface area (TPSA) is 88.7 Å². The van der Waals surface area contributed by atoms with E-state index in [1.807, 2.05) is 11.8 Å². The molecule has 1 fully saturated rings. The Morgan fingerprint density at radius 2 is 1.86 bits per heavy atom. The van der Waals surface area contributed by atoms with Crippen LogP contribution in [0.2, 0.25) is 10.0 Å². The number of amides is 2. The van der Waals surface area contributed by atoms with Gasteiger partial charge in [0.2, 0.25) is 0 Å². The van der Waals surface area contributed by atoms with E-state index in [2.05, 4.69) is 33.6 Å². The van der Waals surface area contributed by atoms with Gasteiger partial charge >= 0.3 is 0 Å². The zero-order chi connectivity index (χ0) is 26.1. The van der Waals surface area contributed by atoms with Gasteiger partial charge < -0.3 is 20.4 Å². The van der Waals surface area contributed by atoms with Crippen LogP contribution in [0.25, 0.3) is 0 Å². The first-order valence-corrected chi connectivity index (χ1v) is 12.8. The molecule has 11 heteroatoms. The molecule has 192 valence electrons. The molecule has 0 aromatic heterocycles. The van der Waals surface area contributed by atoms with Crippen LogP contribution in [0, 0.1) is 17.9 Å². The number of nitrogens with one attached hydrogen (secondary N) is 4. The van der Waals surface area contributed by atoms with Gasteiger partial charge in [-0.2, -0.15) is 0 Å². The van der Waals surface area contributed by atoms with Crippen molar-refractivity contribution in [3.63, 3.8) is 0 Å². The van der Waals surface area contributed by atoms with Crippen LogP contribution in [0.1, 0.15) is 41.7 Å². The van der Waals surface area contributed by atoms with E-state index in [-0.39, 0.29) is 22.7 Å². The monoisotopic (exact) mass is 542 g/mol. The average Bonchev–Trinajstić information content (AvgIpc) is 3.45. The zero-order valence-corrected chi connectivity index (χ0v) is 21.6. The van der Waals surface area contributed by atoms with Gasteiger partial charge in [-0.25, -0.2) is 4.39 Å². The second-order valence-electron chi connectivity index (χ2n) is 8.99. The molecule has 0 spiro atoms. The van der Waals surface area contributed by atoms with Crippen LogP contribution in [0.5, 0.6) is 0 Å². The molecule has 2 amide bonds. The molecule has 2 aromatic carbocycles. The summed E-state index contributed by atoms with van der Waals surface area (Å²) in [4.78, 5) is 29.3. The number of rotatable bonds is 5. The highest BCUT2D eigenvalue weighted by atomic mass is 35.5. The van der Waals surface area contributed by atoms with Crippen LogP contribution >= 0.6 is 23.2 Å². The Morgan fingerprint density at radius 1 is 1.08 bits per heavy atom. The fraction of sp³-hybridized carbons (Fsp3) is 0.308. The molecule has 4 N–H and O–H groups in total. The molecule has 0 aliphatic carbocycles. The van der Waals surface area contributed by atoms with Gasteiger partial charge in [0.1, 0.15) is 17.3 Å². The van der Waals surface area contributed by atoms with E-state index in [9.17, 15) is 14.0 Å². The predicted molar refractivity (Wildman–Crippen MR) is 139 cm³/mol. The largest absolute Gasteiger partial charge is 0.367 e. The summed E-state index contributed by atoms with van der Waals surface area (Å²) in [6, 6.07) is 11.3. The lowest BCUT2D eigenvalue weighted by atomic mass is 10.0. The quantitative estimate of drug-likeness (QED) is 0.430. The maximum absolute atomic E-state index is 14.2. The van der Waals surface area contributed by atoms with Gasteiger partial charge in [-0.15, -0.1) is 0 Å². The van der Waals surface area contributed by atoms with Crippen molar-refractivity contribution in [2.75, 3.05) is 31.5 Å². The number of likely N-dealkylation sites (tertiary alicyclic amines) is 1. The fourth-order valence-corrected chi connectivity index (χ4v) is 5.38. The van der Waals surface area contributed by atoms with Crippen molar-refractivity contribution < 1.29 is 14.0 Å². The van der Waals surface area contributed by atoms with E-state index < -0.39 is 11.7 Å². The molecule has 0 saturated carbocycles. The van der Waals surface area contributed by atoms with Crippen molar-refractivity contribution in [2.45, 2.75) is 25.8 Å². The average molecular weight is 543 g/mol. The highest BCUT2D eigenvalue weighted by Gasteiger charge is 2.30. The lowest BCUT2D eigenvalue weighted by molar-refractivity contribution is -0.113. The normalized spacial score (nSPS) is 17.6. The van der Waals surface area contributed by atoms with Crippen LogP contribution in [0.4, 0.5) is 10.1 Å². The van der Waals surface area contributed by atoms with Gasteiger partial charge in [0.15, 0.2) is 0 Å². The third kappa shape index (κ3) is 4.99. The minimum atomic E-state index is -0.544. The Morgan fingerprint density at radius 3 is 2.59 bits per heavy atom. The number of carbonyl (C=O) groups excluding carboxylic acids is 2. The minimum absolute atomic E-state index is 0.0250. The third-order valence-electron chi connectivity index (χ3n) is 6.65. The number of hydrogen-bond donors (Lipinski definition) is 4. The van der Waals surface area contributed by atoms with E-state index in [0.717, 1.165) is 25.9 Å². The molecule has 0 radical (unpaired) electrons. The van der Waals surface area contributed by atoms with Crippen molar-refractivity contribution in [3.05, 3.63) is 86.7 Å². The summed E-state index contributed by atoms with van der Waals surface area (Å²) in [5.74, 6) is -0.368. The van der Waals surface area contributed by atoms with Gasteiger partial charge in [-0.1, -0.05) is 29.3 Å². The lowest BCUT2D eigenvalue weighted by Gasteiger charge is -2.40. The summed E-state index contributed by atoms with van der Waals surface area (Å²) in [6.07, 6.45) is 3.71. The molecule has 3 aliphatic heterocycles.